The maximum absolute atomic E-state index is 11.5. The number of ketones is 1. The van der Waals surface area contributed by atoms with E-state index in [0.717, 1.165) is 38.5 Å². The molecule has 0 spiro atoms. The molecular weight excluding hydrogens is 459 g/mol. The molecule has 0 unspecified atom stereocenters. The standard InChI is InChI=1S/C15H28O.C12H26O4S.Na/c16-15-13-11-9-7-5-3-1-2-4-6-8-10-12-14-15;1-2-3-4-5-6-7-8-9-10-11-12-16-17(13,14)15;/h1-14H2;2-12H2,1H3,(H,13,14,15);/q;;+1/p-1. The number of unbranched alkanes of at least 4 members (excludes halogenated alkanes) is 9. The van der Waals surface area contributed by atoms with Gasteiger partial charge in [0.1, 0.15) is 5.78 Å². The molecule has 1 saturated carbocycles. The van der Waals surface area contributed by atoms with Crippen LogP contribution < -0.4 is 29.6 Å². The molecule has 0 radical (unpaired) electrons. The van der Waals surface area contributed by atoms with Crippen molar-refractivity contribution < 1.29 is 51.5 Å². The summed E-state index contributed by atoms with van der Waals surface area (Å²) in [5, 5.41) is 0. The Labute approximate surface area is 234 Å². The average Bonchev–Trinajstić information content (AvgIpc) is 2.78. The zero-order valence-electron chi connectivity index (χ0n) is 22.6. The molecule has 0 N–H and O–H groups in total. The van der Waals surface area contributed by atoms with E-state index in [1.165, 1.54) is 109 Å². The first-order valence-electron chi connectivity index (χ1n) is 14.1. The van der Waals surface area contributed by atoms with Crippen molar-refractivity contribution in [2.75, 3.05) is 6.61 Å². The first-order chi connectivity index (χ1) is 16.0. The van der Waals surface area contributed by atoms with E-state index in [2.05, 4.69) is 11.1 Å². The van der Waals surface area contributed by atoms with Crippen LogP contribution in [-0.2, 0) is 19.4 Å². The van der Waals surface area contributed by atoms with Gasteiger partial charge < -0.3 is 4.55 Å². The van der Waals surface area contributed by atoms with E-state index in [-0.39, 0.29) is 36.2 Å². The van der Waals surface area contributed by atoms with Gasteiger partial charge in [0.2, 0.25) is 10.4 Å². The summed E-state index contributed by atoms with van der Waals surface area (Å²) < 4.78 is 34.5. The van der Waals surface area contributed by atoms with Crippen LogP contribution in [0, 0.1) is 0 Å². The molecule has 0 aromatic heterocycles. The second kappa shape index (κ2) is 28.1. The molecule has 0 aromatic rings. The van der Waals surface area contributed by atoms with E-state index in [4.69, 9.17) is 0 Å². The van der Waals surface area contributed by atoms with Crippen molar-refractivity contribution in [3.8, 4) is 0 Å². The van der Waals surface area contributed by atoms with E-state index < -0.39 is 10.4 Å². The van der Waals surface area contributed by atoms with Crippen molar-refractivity contribution in [1.82, 2.24) is 0 Å². The van der Waals surface area contributed by atoms with Crippen LogP contribution in [0.5, 0.6) is 0 Å². The molecule has 0 aliphatic heterocycles. The topological polar surface area (TPSA) is 83.5 Å². The van der Waals surface area contributed by atoms with Crippen molar-refractivity contribution in [2.45, 2.75) is 161 Å². The van der Waals surface area contributed by atoms with Gasteiger partial charge in [-0.1, -0.05) is 129 Å². The Hall–Kier alpha value is 0.540. The largest absolute Gasteiger partial charge is 1.00 e. The number of hydrogen-bond donors (Lipinski definition) is 0. The summed E-state index contributed by atoms with van der Waals surface area (Å²) in [5.74, 6) is 0.509. The van der Waals surface area contributed by atoms with Crippen molar-refractivity contribution in [1.29, 1.82) is 0 Å². The van der Waals surface area contributed by atoms with Crippen LogP contribution in [0.3, 0.4) is 0 Å². The SMILES string of the molecule is CCCCCCCCCCCCOS(=O)(=O)[O-].O=C1CCCCCCCCCCCCCC1.[Na+]. The predicted octanol–water partition coefficient (Wildman–Crippen LogP) is 5.42. The first kappa shape index (κ1) is 36.7. The number of rotatable bonds is 12. The van der Waals surface area contributed by atoms with Gasteiger partial charge in [0.15, 0.2) is 0 Å². The van der Waals surface area contributed by atoms with E-state index >= 15 is 0 Å². The molecule has 0 atom stereocenters. The van der Waals surface area contributed by atoms with Crippen molar-refractivity contribution in [3.63, 3.8) is 0 Å². The molecule has 1 aliphatic rings. The molecule has 34 heavy (non-hydrogen) atoms. The Morgan fingerprint density at radius 1 is 0.618 bits per heavy atom. The molecule has 1 fully saturated rings. The summed E-state index contributed by atoms with van der Waals surface area (Å²) in [6.07, 6.45) is 29.3. The van der Waals surface area contributed by atoms with Crippen LogP contribution in [0.25, 0.3) is 0 Å². The quantitative estimate of drug-likeness (QED) is 0.151. The summed E-state index contributed by atoms with van der Waals surface area (Å²) in [4.78, 5) is 11.5. The van der Waals surface area contributed by atoms with Crippen LogP contribution in [0.2, 0.25) is 0 Å². The van der Waals surface area contributed by atoms with Crippen LogP contribution >= 0.6 is 0 Å². The monoisotopic (exact) mass is 512 g/mol. The van der Waals surface area contributed by atoms with Crippen molar-refractivity contribution in [3.05, 3.63) is 0 Å². The molecule has 198 valence electrons. The summed E-state index contributed by atoms with van der Waals surface area (Å²) in [6, 6.07) is 0. The third-order valence-corrected chi connectivity index (χ3v) is 6.84. The minimum atomic E-state index is -4.48. The second-order valence-corrected chi connectivity index (χ2v) is 10.7. The predicted molar refractivity (Wildman–Crippen MR) is 137 cm³/mol. The minimum absolute atomic E-state index is 0. The summed E-state index contributed by atoms with van der Waals surface area (Å²) in [5.41, 5.74) is 0. The van der Waals surface area contributed by atoms with Crippen LogP contribution in [-0.4, -0.2) is 25.4 Å². The maximum Gasteiger partial charge on any atom is 1.00 e. The van der Waals surface area contributed by atoms with E-state index in [1.807, 2.05) is 0 Å². The average molecular weight is 513 g/mol. The molecule has 0 heterocycles. The zero-order valence-corrected chi connectivity index (χ0v) is 25.4. The van der Waals surface area contributed by atoms with Crippen LogP contribution in [0.4, 0.5) is 0 Å². The van der Waals surface area contributed by atoms with Gasteiger partial charge >= 0.3 is 29.6 Å². The smallest absolute Gasteiger partial charge is 0.726 e. The van der Waals surface area contributed by atoms with E-state index in [0.29, 0.717) is 12.2 Å². The first-order valence-corrected chi connectivity index (χ1v) is 15.4. The van der Waals surface area contributed by atoms with Gasteiger partial charge in [0, 0.05) is 12.8 Å². The van der Waals surface area contributed by atoms with Gasteiger partial charge in [-0.2, -0.15) is 0 Å². The molecule has 0 saturated heterocycles. The Morgan fingerprint density at radius 3 is 1.29 bits per heavy atom. The molecule has 0 amide bonds. The van der Waals surface area contributed by atoms with Gasteiger partial charge in [-0.15, -0.1) is 0 Å². The fourth-order valence-electron chi connectivity index (χ4n) is 4.29. The summed E-state index contributed by atoms with van der Waals surface area (Å²) in [7, 11) is -4.48. The van der Waals surface area contributed by atoms with Crippen molar-refractivity contribution >= 4 is 16.2 Å². The van der Waals surface area contributed by atoms with Gasteiger partial charge in [0.05, 0.1) is 6.61 Å². The number of hydrogen-bond acceptors (Lipinski definition) is 5. The summed E-state index contributed by atoms with van der Waals surface area (Å²) >= 11 is 0. The van der Waals surface area contributed by atoms with Crippen LogP contribution in [0.1, 0.15) is 161 Å². The van der Waals surface area contributed by atoms with E-state index in [9.17, 15) is 17.8 Å². The molecular formula is C27H53NaO5S. The summed E-state index contributed by atoms with van der Waals surface area (Å²) in [6.45, 7) is 2.24. The normalized spacial score (nSPS) is 16.9. The van der Waals surface area contributed by atoms with Gasteiger partial charge in [0.25, 0.3) is 0 Å². The Morgan fingerprint density at radius 2 is 0.941 bits per heavy atom. The third-order valence-electron chi connectivity index (χ3n) is 6.39. The number of Topliss-reactive ketones (excluding diaryl/α,β-unsaturated/α-hetero) is 1. The van der Waals surface area contributed by atoms with Gasteiger partial charge in [-0.25, -0.2) is 8.42 Å². The molecule has 1 rings (SSSR count). The molecule has 0 bridgehead atoms. The van der Waals surface area contributed by atoms with Gasteiger partial charge in [-0.05, 0) is 19.3 Å². The molecule has 5 nitrogen and oxygen atoms in total. The van der Waals surface area contributed by atoms with Gasteiger partial charge in [-0.3, -0.25) is 8.98 Å². The Balaban J connectivity index is 0. The second-order valence-electron chi connectivity index (χ2n) is 9.69. The molecule has 7 heteroatoms. The Kier molecular flexibility index (Phi) is 30.3. The maximum atomic E-state index is 11.5. The third kappa shape index (κ3) is 32.5. The van der Waals surface area contributed by atoms with Crippen LogP contribution in [0.15, 0.2) is 0 Å². The fourth-order valence-corrected chi connectivity index (χ4v) is 4.61. The number of carbonyl (C=O) groups is 1. The minimum Gasteiger partial charge on any atom is -0.726 e. The van der Waals surface area contributed by atoms with Crippen molar-refractivity contribution in [2.24, 2.45) is 0 Å². The molecule has 1 aliphatic carbocycles. The number of carbonyl (C=O) groups excluding carboxylic acids is 1. The Bertz CT molecular complexity index is 507. The zero-order chi connectivity index (χ0) is 24.5. The van der Waals surface area contributed by atoms with E-state index in [1.54, 1.807) is 0 Å². The molecule has 0 aromatic carbocycles. The fraction of sp³-hybridized carbons (Fsp3) is 0.963.